The first-order valence-electron chi connectivity index (χ1n) is 11.5. The molecule has 2 amide bonds. The molecular weight excluding hydrogens is 462 g/mol. The number of nitrogens with one attached hydrogen (secondary N) is 3. The van der Waals surface area contributed by atoms with Crippen LogP contribution < -0.4 is 15.4 Å². The van der Waals surface area contributed by atoms with Crippen molar-refractivity contribution < 1.29 is 18.0 Å². The Labute approximate surface area is 206 Å². The number of hydrogen-bond acceptors (Lipinski definition) is 4. The van der Waals surface area contributed by atoms with Crippen LogP contribution in [0.4, 0.5) is 11.4 Å². The number of carbonyl (C=O) groups excluding carboxylic acids is 2. The SMILES string of the molecule is Cc1cccc(NS(=O)(=O)c2ccc(C)c(C(=O)NC(C)c3ccc(NC(=O)C4CC4)cc3)c2)c1. The summed E-state index contributed by atoms with van der Waals surface area (Å²) in [6, 6.07) is 18.6. The molecule has 1 aliphatic rings. The van der Waals surface area contributed by atoms with E-state index in [0.29, 0.717) is 11.3 Å². The van der Waals surface area contributed by atoms with Gasteiger partial charge in [0.25, 0.3) is 15.9 Å². The van der Waals surface area contributed by atoms with Gasteiger partial charge >= 0.3 is 0 Å². The van der Waals surface area contributed by atoms with E-state index in [1.54, 1.807) is 31.2 Å². The molecule has 3 N–H and O–H groups in total. The quantitative estimate of drug-likeness (QED) is 0.415. The topological polar surface area (TPSA) is 104 Å². The first-order valence-corrected chi connectivity index (χ1v) is 13.0. The van der Waals surface area contributed by atoms with E-state index in [9.17, 15) is 18.0 Å². The van der Waals surface area contributed by atoms with Crippen molar-refractivity contribution in [3.63, 3.8) is 0 Å². The second-order valence-corrected chi connectivity index (χ2v) is 10.7. The van der Waals surface area contributed by atoms with Crippen LogP contribution in [-0.2, 0) is 14.8 Å². The molecule has 4 rings (SSSR count). The van der Waals surface area contributed by atoms with Crippen molar-refractivity contribution in [3.8, 4) is 0 Å². The Morgan fingerprint density at radius 2 is 1.63 bits per heavy atom. The normalized spacial score (nSPS) is 14.1. The summed E-state index contributed by atoms with van der Waals surface area (Å²) < 4.78 is 28.4. The second-order valence-electron chi connectivity index (χ2n) is 9.03. The summed E-state index contributed by atoms with van der Waals surface area (Å²) in [6.45, 7) is 5.50. The van der Waals surface area contributed by atoms with E-state index in [1.165, 1.54) is 12.1 Å². The Bertz CT molecular complexity index is 1360. The molecular formula is C27H29N3O4S. The number of benzene rings is 3. The third-order valence-corrected chi connectivity index (χ3v) is 7.39. The summed E-state index contributed by atoms with van der Waals surface area (Å²) in [5.41, 5.74) is 3.94. The second kappa shape index (κ2) is 9.92. The average Bonchev–Trinajstić information content (AvgIpc) is 3.65. The number of rotatable bonds is 8. The molecule has 7 nitrogen and oxygen atoms in total. The largest absolute Gasteiger partial charge is 0.346 e. The molecule has 0 radical (unpaired) electrons. The van der Waals surface area contributed by atoms with E-state index in [1.807, 2.05) is 44.2 Å². The monoisotopic (exact) mass is 491 g/mol. The van der Waals surface area contributed by atoms with Gasteiger partial charge in [0.15, 0.2) is 0 Å². The highest BCUT2D eigenvalue weighted by Crippen LogP contribution is 2.30. The van der Waals surface area contributed by atoms with Crippen molar-refractivity contribution in [1.29, 1.82) is 0 Å². The van der Waals surface area contributed by atoms with Crippen LogP contribution in [0.5, 0.6) is 0 Å². The molecule has 1 saturated carbocycles. The van der Waals surface area contributed by atoms with E-state index in [4.69, 9.17) is 0 Å². The number of amides is 2. The van der Waals surface area contributed by atoms with Gasteiger partial charge in [0.2, 0.25) is 5.91 Å². The molecule has 1 unspecified atom stereocenters. The number of anilines is 2. The van der Waals surface area contributed by atoms with Crippen molar-refractivity contribution in [3.05, 3.63) is 89.0 Å². The van der Waals surface area contributed by atoms with Gasteiger partial charge in [0.05, 0.1) is 10.9 Å². The molecule has 1 aliphatic carbocycles. The molecule has 0 aliphatic heterocycles. The van der Waals surface area contributed by atoms with E-state index in [0.717, 1.165) is 29.7 Å². The van der Waals surface area contributed by atoms with Gasteiger partial charge in [-0.2, -0.15) is 0 Å². The van der Waals surface area contributed by atoms with Crippen molar-refractivity contribution >= 4 is 33.2 Å². The molecule has 182 valence electrons. The van der Waals surface area contributed by atoms with Crippen molar-refractivity contribution in [2.45, 2.75) is 44.6 Å². The van der Waals surface area contributed by atoms with Gasteiger partial charge in [-0.25, -0.2) is 8.42 Å². The van der Waals surface area contributed by atoms with Crippen LogP contribution >= 0.6 is 0 Å². The lowest BCUT2D eigenvalue weighted by atomic mass is 10.1. The Balaban J connectivity index is 1.46. The van der Waals surface area contributed by atoms with Crippen molar-refractivity contribution in [2.75, 3.05) is 10.0 Å². The Kier molecular flexibility index (Phi) is 6.93. The molecule has 35 heavy (non-hydrogen) atoms. The van der Waals surface area contributed by atoms with Gasteiger partial charge in [-0.1, -0.05) is 30.3 Å². The Morgan fingerprint density at radius 3 is 2.29 bits per heavy atom. The third-order valence-electron chi connectivity index (χ3n) is 6.01. The first kappa shape index (κ1) is 24.5. The maximum absolute atomic E-state index is 13.0. The third kappa shape index (κ3) is 6.08. The lowest BCUT2D eigenvalue weighted by Gasteiger charge is -2.17. The minimum absolute atomic E-state index is 0.0122. The zero-order chi connectivity index (χ0) is 25.2. The minimum Gasteiger partial charge on any atom is -0.346 e. The molecule has 3 aromatic rings. The zero-order valence-electron chi connectivity index (χ0n) is 20.0. The Morgan fingerprint density at radius 1 is 0.914 bits per heavy atom. The molecule has 0 heterocycles. The van der Waals surface area contributed by atoms with E-state index in [2.05, 4.69) is 15.4 Å². The van der Waals surface area contributed by atoms with E-state index < -0.39 is 10.0 Å². The van der Waals surface area contributed by atoms with Crippen LogP contribution in [0.15, 0.2) is 71.6 Å². The molecule has 3 aromatic carbocycles. The fourth-order valence-corrected chi connectivity index (χ4v) is 4.81. The van der Waals surface area contributed by atoms with Gasteiger partial charge in [-0.15, -0.1) is 0 Å². The lowest BCUT2D eigenvalue weighted by molar-refractivity contribution is -0.117. The minimum atomic E-state index is -3.86. The highest BCUT2D eigenvalue weighted by Gasteiger charge is 2.29. The van der Waals surface area contributed by atoms with Crippen LogP contribution in [0, 0.1) is 19.8 Å². The number of carbonyl (C=O) groups is 2. The summed E-state index contributed by atoms with van der Waals surface area (Å²) >= 11 is 0. The average molecular weight is 492 g/mol. The molecule has 0 bridgehead atoms. The summed E-state index contributed by atoms with van der Waals surface area (Å²) in [5.74, 6) is -0.197. The van der Waals surface area contributed by atoms with Crippen LogP contribution in [0.3, 0.4) is 0 Å². The predicted molar refractivity (Wildman–Crippen MR) is 137 cm³/mol. The summed E-state index contributed by atoms with van der Waals surface area (Å²) in [4.78, 5) is 25.0. The molecule has 0 saturated heterocycles. The predicted octanol–water partition coefficient (Wildman–Crippen LogP) is 4.94. The van der Waals surface area contributed by atoms with Crippen LogP contribution in [0.1, 0.15) is 52.9 Å². The van der Waals surface area contributed by atoms with Crippen molar-refractivity contribution in [1.82, 2.24) is 5.32 Å². The lowest BCUT2D eigenvalue weighted by Crippen LogP contribution is -2.27. The summed E-state index contributed by atoms with van der Waals surface area (Å²) in [7, 11) is -3.86. The summed E-state index contributed by atoms with van der Waals surface area (Å²) in [5, 5.41) is 5.83. The van der Waals surface area contributed by atoms with Crippen LogP contribution in [0.2, 0.25) is 0 Å². The van der Waals surface area contributed by atoms with Gasteiger partial charge in [0.1, 0.15) is 0 Å². The highest BCUT2D eigenvalue weighted by atomic mass is 32.2. The molecule has 0 spiro atoms. The number of aryl methyl sites for hydroxylation is 2. The van der Waals surface area contributed by atoms with Gasteiger partial charge in [-0.05, 0) is 86.7 Å². The van der Waals surface area contributed by atoms with Gasteiger partial charge in [0, 0.05) is 22.9 Å². The molecule has 1 atom stereocenters. The maximum Gasteiger partial charge on any atom is 0.261 e. The first-order chi connectivity index (χ1) is 16.6. The Hall–Kier alpha value is -3.65. The van der Waals surface area contributed by atoms with Crippen LogP contribution in [-0.4, -0.2) is 20.2 Å². The zero-order valence-corrected chi connectivity index (χ0v) is 20.8. The smallest absolute Gasteiger partial charge is 0.261 e. The summed E-state index contributed by atoms with van der Waals surface area (Å²) in [6.07, 6.45) is 1.88. The van der Waals surface area contributed by atoms with Crippen molar-refractivity contribution in [2.24, 2.45) is 5.92 Å². The number of hydrogen-bond donors (Lipinski definition) is 3. The van der Waals surface area contributed by atoms with Crippen LogP contribution in [0.25, 0.3) is 0 Å². The highest BCUT2D eigenvalue weighted by molar-refractivity contribution is 7.92. The van der Waals surface area contributed by atoms with Gasteiger partial charge in [-0.3, -0.25) is 14.3 Å². The van der Waals surface area contributed by atoms with Gasteiger partial charge < -0.3 is 10.6 Å². The maximum atomic E-state index is 13.0. The standard InChI is InChI=1S/C27H29N3O4S/c1-17-5-4-6-23(15-17)30-35(33,34)24-14-7-18(2)25(16-24)27(32)28-19(3)20-10-12-22(13-11-20)29-26(31)21-8-9-21/h4-7,10-16,19,21,30H,8-9H2,1-3H3,(H,28,32)(H,29,31). The molecule has 8 heteroatoms. The number of sulfonamides is 1. The van der Waals surface area contributed by atoms with E-state index >= 15 is 0 Å². The fraction of sp³-hybridized carbons (Fsp3) is 0.259. The molecule has 0 aromatic heterocycles. The fourth-order valence-electron chi connectivity index (χ4n) is 3.74. The molecule has 1 fully saturated rings. The van der Waals surface area contributed by atoms with E-state index in [-0.39, 0.29) is 34.2 Å².